The molecule has 0 heterocycles. The summed E-state index contributed by atoms with van der Waals surface area (Å²) >= 11 is 5.81. The first kappa shape index (κ1) is 16.4. The molecule has 0 aliphatic rings. The lowest BCUT2D eigenvalue weighted by molar-refractivity contribution is -0.122. The van der Waals surface area contributed by atoms with Gasteiger partial charge in [-0.05, 0) is 29.8 Å². The smallest absolute Gasteiger partial charge is 0.345 e. The summed E-state index contributed by atoms with van der Waals surface area (Å²) < 4.78 is 14.7. The summed E-state index contributed by atoms with van der Waals surface area (Å²) in [7, 11) is 0.575. The van der Waals surface area contributed by atoms with Gasteiger partial charge in [0.05, 0.1) is 0 Å². The third-order valence-corrected chi connectivity index (χ3v) is 2.84. The van der Waals surface area contributed by atoms with Gasteiger partial charge in [0, 0.05) is 29.3 Å². The van der Waals surface area contributed by atoms with E-state index in [-0.39, 0.29) is 5.91 Å². The number of amides is 1. The summed E-state index contributed by atoms with van der Waals surface area (Å²) in [6.07, 6.45) is 3.94. The third-order valence-electron chi connectivity index (χ3n) is 2.28. The van der Waals surface area contributed by atoms with Gasteiger partial charge in [0.2, 0.25) is 0 Å². The second-order valence-corrected chi connectivity index (χ2v) is 5.08. The van der Waals surface area contributed by atoms with Crippen molar-refractivity contribution in [3.05, 3.63) is 53.3 Å². The highest BCUT2D eigenvalue weighted by Gasteiger charge is 2.13. The zero-order chi connectivity index (χ0) is 15.1. The number of carbonyl (C=O) groups excluding carboxylic acids is 1. The summed E-state index contributed by atoms with van der Waals surface area (Å²) in [5, 5.41) is 0.571. The molecule has 1 amide bonds. The molecule has 0 radical (unpaired) electrons. The molecule has 1 rings (SSSR count). The van der Waals surface area contributed by atoms with Crippen molar-refractivity contribution in [1.29, 1.82) is 0 Å². The van der Waals surface area contributed by atoms with Crippen molar-refractivity contribution in [2.24, 2.45) is 0 Å². The van der Waals surface area contributed by atoms with Crippen LogP contribution in [-0.4, -0.2) is 29.8 Å². The molecule has 5 nitrogen and oxygen atoms in total. The first-order chi connectivity index (χ1) is 9.41. The first-order valence-corrected chi connectivity index (χ1v) is 7.10. The molecule has 0 fully saturated rings. The number of hydrogen-bond acceptors (Lipinski definition) is 3. The Morgan fingerprint density at radius 3 is 2.45 bits per heavy atom. The molecule has 1 unspecified atom stereocenters. The van der Waals surface area contributed by atoms with Crippen molar-refractivity contribution in [1.82, 2.24) is 4.90 Å². The van der Waals surface area contributed by atoms with E-state index in [2.05, 4.69) is 4.52 Å². The Balaban J connectivity index is 3.05. The van der Waals surface area contributed by atoms with Gasteiger partial charge in [-0.2, -0.15) is 0 Å². The fraction of sp³-hybridized carbons (Fsp3) is 0.154. The highest BCUT2D eigenvalue weighted by atomic mass is 35.5. The van der Waals surface area contributed by atoms with Gasteiger partial charge in [-0.1, -0.05) is 23.7 Å². The number of carbonyl (C=O) groups is 1. The summed E-state index contributed by atoms with van der Waals surface area (Å²) in [4.78, 5) is 22.0. The maximum atomic E-state index is 12.1. The molecule has 0 saturated heterocycles. The summed E-state index contributed by atoms with van der Waals surface area (Å²) in [5.41, 5.74) is 1.10. The minimum Gasteiger partial charge on any atom is -0.345 e. The van der Waals surface area contributed by atoms with Crippen LogP contribution >= 0.6 is 19.9 Å². The molecule has 0 aromatic heterocycles. The number of halogens is 1. The molecule has 20 heavy (non-hydrogen) atoms. The number of likely N-dealkylation sites (N-methyl/N-ethyl adjacent to an activating group) is 1. The molecular formula is C13H14ClNO4P+. The highest BCUT2D eigenvalue weighted by molar-refractivity contribution is 7.32. The Kier molecular flexibility index (Phi) is 6.39. The predicted octanol–water partition coefficient (Wildman–Crippen LogP) is 2.99. The van der Waals surface area contributed by atoms with Crippen molar-refractivity contribution in [3.8, 4) is 0 Å². The average molecular weight is 315 g/mol. The van der Waals surface area contributed by atoms with Crippen LogP contribution in [0.3, 0.4) is 0 Å². The molecule has 1 aromatic carbocycles. The van der Waals surface area contributed by atoms with Gasteiger partial charge in [0.25, 0.3) is 5.91 Å². The van der Waals surface area contributed by atoms with Crippen LogP contribution in [0.1, 0.15) is 5.56 Å². The van der Waals surface area contributed by atoms with Crippen LogP contribution in [0.2, 0.25) is 5.02 Å². The molecule has 1 aromatic rings. The molecule has 1 N–H and O–H groups in total. The molecule has 0 aliphatic carbocycles. The van der Waals surface area contributed by atoms with Gasteiger partial charge in [-0.25, -0.2) is 4.52 Å². The van der Waals surface area contributed by atoms with Crippen LogP contribution in [0, 0.1) is 0 Å². The molecule has 1 atom stereocenters. The quantitative estimate of drug-likeness (QED) is 0.393. The lowest BCUT2D eigenvalue weighted by atomic mass is 10.0. The Hall–Kier alpha value is -1.68. The van der Waals surface area contributed by atoms with E-state index in [0.717, 1.165) is 6.26 Å². The van der Waals surface area contributed by atoms with Crippen molar-refractivity contribution in [3.63, 3.8) is 0 Å². The summed E-state index contributed by atoms with van der Waals surface area (Å²) in [5.74, 6) is -0.203. The predicted molar refractivity (Wildman–Crippen MR) is 78.2 cm³/mol. The molecule has 0 aliphatic heterocycles. The Morgan fingerprint density at radius 1 is 1.35 bits per heavy atom. The number of nitrogens with zero attached hydrogens (tertiary/aromatic N) is 1. The first-order valence-electron chi connectivity index (χ1n) is 5.59. The van der Waals surface area contributed by atoms with E-state index in [4.69, 9.17) is 16.5 Å². The van der Waals surface area contributed by atoms with E-state index in [1.54, 1.807) is 38.4 Å². The van der Waals surface area contributed by atoms with Crippen molar-refractivity contribution >= 4 is 31.3 Å². The fourth-order valence-corrected chi connectivity index (χ4v) is 1.68. The normalized spacial score (nSPS) is 12.4. The molecule has 0 saturated carbocycles. The van der Waals surface area contributed by atoms with Gasteiger partial charge in [-0.15, -0.1) is 4.89 Å². The van der Waals surface area contributed by atoms with Gasteiger partial charge in [0.15, 0.2) is 6.26 Å². The Bertz CT molecular complexity index is 552. The van der Waals surface area contributed by atoms with Crippen LogP contribution in [0.25, 0.3) is 5.57 Å². The maximum absolute atomic E-state index is 12.1. The molecular weight excluding hydrogens is 301 g/mol. The lowest BCUT2D eigenvalue weighted by Crippen LogP contribution is -2.22. The van der Waals surface area contributed by atoms with Gasteiger partial charge in [-0.3, -0.25) is 4.79 Å². The van der Waals surface area contributed by atoms with Crippen molar-refractivity contribution < 1.29 is 18.8 Å². The van der Waals surface area contributed by atoms with E-state index < -0.39 is 8.25 Å². The second kappa shape index (κ2) is 7.80. The zero-order valence-electron chi connectivity index (χ0n) is 11.0. The van der Waals surface area contributed by atoms with E-state index >= 15 is 0 Å². The highest BCUT2D eigenvalue weighted by Crippen LogP contribution is 2.20. The van der Waals surface area contributed by atoms with Gasteiger partial charge < -0.3 is 4.90 Å². The lowest BCUT2D eigenvalue weighted by Gasteiger charge is -2.13. The Morgan fingerprint density at radius 2 is 1.95 bits per heavy atom. The van der Waals surface area contributed by atoms with Crippen LogP contribution < -0.4 is 0 Å². The number of benzene rings is 1. The summed E-state index contributed by atoms with van der Waals surface area (Å²) in [6.45, 7) is 0. The topological polar surface area (TPSA) is 66.8 Å². The monoisotopic (exact) mass is 314 g/mol. The number of allylic oxidation sites excluding steroid dienone is 2. The molecule has 106 valence electrons. The second-order valence-electron chi connectivity index (χ2n) is 3.96. The number of hydrogen-bond donors (Lipinski definition) is 1. The molecule has 7 heteroatoms. The van der Waals surface area contributed by atoms with Crippen LogP contribution in [0.4, 0.5) is 0 Å². The fourth-order valence-electron chi connectivity index (χ4n) is 1.38. The SMILES string of the molecule is CN(C)C(=O)/C(=C\C=C\O[P+](=O)O)c1ccc(Cl)cc1. The number of rotatable bonds is 5. The van der Waals surface area contributed by atoms with Crippen molar-refractivity contribution in [2.45, 2.75) is 0 Å². The summed E-state index contributed by atoms with van der Waals surface area (Å²) in [6, 6.07) is 6.80. The average Bonchev–Trinajstić information content (AvgIpc) is 2.39. The van der Waals surface area contributed by atoms with Crippen molar-refractivity contribution in [2.75, 3.05) is 14.1 Å². The third kappa shape index (κ3) is 5.13. The van der Waals surface area contributed by atoms with Crippen LogP contribution in [0.15, 0.2) is 42.7 Å². The van der Waals surface area contributed by atoms with Crippen LogP contribution in [0.5, 0.6) is 0 Å². The van der Waals surface area contributed by atoms with Gasteiger partial charge >= 0.3 is 8.25 Å². The maximum Gasteiger partial charge on any atom is 0.746 e. The largest absolute Gasteiger partial charge is 0.746 e. The molecule has 0 spiro atoms. The standard InChI is InChI=1S/C13H13ClNO4P/c1-15(2)13(16)12(4-3-9-19-20(17)18)10-5-7-11(14)8-6-10/h3-9H,1-2H3/p+1/b9-3+,12-4-. The minimum atomic E-state index is -2.70. The Labute approximate surface area is 123 Å². The van der Waals surface area contributed by atoms with E-state index in [1.165, 1.54) is 17.1 Å². The molecule has 0 bridgehead atoms. The minimum absolute atomic E-state index is 0.203. The van der Waals surface area contributed by atoms with E-state index in [9.17, 15) is 9.36 Å². The van der Waals surface area contributed by atoms with E-state index in [1.807, 2.05) is 0 Å². The van der Waals surface area contributed by atoms with E-state index in [0.29, 0.717) is 16.2 Å². The van der Waals surface area contributed by atoms with Gasteiger partial charge in [0.1, 0.15) is 0 Å². The zero-order valence-corrected chi connectivity index (χ0v) is 12.6. The van der Waals surface area contributed by atoms with Crippen LogP contribution in [-0.2, 0) is 13.9 Å².